The van der Waals surface area contributed by atoms with Gasteiger partial charge < -0.3 is 65.1 Å². The number of ether oxygens (including phenoxy) is 4. The lowest BCUT2D eigenvalue weighted by Crippen LogP contribution is -2.65. The third kappa shape index (κ3) is 41.3. The van der Waals surface area contributed by atoms with Gasteiger partial charge in [0.25, 0.3) is 0 Å². The van der Waals surface area contributed by atoms with Crippen molar-refractivity contribution in [3.63, 3.8) is 0 Å². The van der Waals surface area contributed by atoms with Crippen molar-refractivity contribution in [1.82, 2.24) is 5.32 Å². The minimum atomic E-state index is -1.79. The highest BCUT2D eigenvalue weighted by atomic mass is 16.7. The van der Waals surface area contributed by atoms with E-state index in [0.29, 0.717) is 12.8 Å². The summed E-state index contributed by atoms with van der Waals surface area (Å²) in [7, 11) is 0. The zero-order chi connectivity index (χ0) is 63.1. The zero-order valence-corrected chi connectivity index (χ0v) is 54.7. The van der Waals surface area contributed by atoms with Crippen molar-refractivity contribution in [2.75, 3.05) is 19.8 Å². The van der Waals surface area contributed by atoms with Crippen LogP contribution >= 0.6 is 0 Å². The van der Waals surface area contributed by atoms with Gasteiger partial charge >= 0.3 is 0 Å². The van der Waals surface area contributed by atoms with Crippen molar-refractivity contribution in [3.05, 3.63) is 85.1 Å². The van der Waals surface area contributed by atoms with Crippen LogP contribution in [0.1, 0.15) is 277 Å². The van der Waals surface area contributed by atoms with E-state index >= 15 is 0 Å². The number of hydrogen-bond donors (Lipinski definition) is 9. The molecule has 0 aromatic carbocycles. The van der Waals surface area contributed by atoms with Crippen LogP contribution in [0.25, 0.3) is 0 Å². The number of carbonyl (C=O) groups excluding carboxylic acids is 1. The standard InChI is InChI=1S/C73H129NO13/c1-3-5-7-9-11-13-15-17-19-21-22-23-24-25-26-27-28-29-30-31-32-33-34-35-36-37-38-39-40-41-43-45-47-49-51-53-55-57-65(78)74-61(62(77)56-54-52-50-48-46-44-42-20-18-16-14-12-10-8-6-4-2)60-84-72-70(83)68(81)71(64(59-76)86-72)87-73-69(82)67(80)66(79)63(58-75)85-73/h5,7,11,13,17,19,22-23,25-26,46,48,54,56,61-64,66-73,75-77,79-83H,3-4,6,8-10,12,14-16,18,20-21,24,27-45,47,49-53,55,57-60H2,1-2H3,(H,74,78)/b7-5-,13-11-,19-17-,23-22-,26-25-,48-46+,56-54+. The van der Waals surface area contributed by atoms with Crippen LogP contribution in [0.5, 0.6) is 0 Å². The van der Waals surface area contributed by atoms with Crippen molar-refractivity contribution in [2.45, 2.75) is 351 Å². The van der Waals surface area contributed by atoms with Crippen molar-refractivity contribution < 1.29 is 64.6 Å². The maximum atomic E-state index is 13.3. The highest BCUT2D eigenvalue weighted by Crippen LogP contribution is 2.30. The molecule has 2 rings (SSSR count). The fourth-order valence-electron chi connectivity index (χ4n) is 11.2. The third-order valence-corrected chi connectivity index (χ3v) is 16.8. The fraction of sp³-hybridized carbons (Fsp3) is 0.795. The molecule has 2 heterocycles. The summed E-state index contributed by atoms with van der Waals surface area (Å²) in [4.78, 5) is 13.3. The molecule has 2 saturated heterocycles. The van der Waals surface area contributed by atoms with E-state index in [1.165, 1.54) is 180 Å². The van der Waals surface area contributed by atoms with Crippen molar-refractivity contribution in [1.29, 1.82) is 0 Å². The van der Waals surface area contributed by atoms with E-state index in [-0.39, 0.29) is 18.9 Å². The Hall–Kier alpha value is -2.83. The Morgan fingerprint density at radius 2 is 0.805 bits per heavy atom. The molecule has 9 N–H and O–H groups in total. The lowest BCUT2D eigenvalue weighted by molar-refractivity contribution is -0.359. The molecule has 12 unspecified atom stereocenters. The molecule has 0 bridgehead atoms. The predicted octanol–water partition coefficient (Wildman–Crippen LogP) is 14.4. The van der Waals surface area contributed by atoms with Crippen LogP contribution in [0.4, 0.5) is 0 Å². The fourth-order valence-corrected chi connectivity index (χ4v) is 11.2. The first kappa shape index (κ1) is 80.3. The number of rotatable bonds is 57. The van der Waals surface area contributed by atoms with Crippen molar-refractivity contribution in [2.24, 2.45) is 0 Å². The lowest BCUT2D eigenvalue weighted by atomic mass is 9.97. The monoisotopic (exact) mass is 1230 g/mol. The van der Waals surface area contributed by atoms with Gasteiger partial charge in [0, 0.05) is 6.42 Å². The molecule has 14 nitrogen and oxygen atoms in total. The molecule has 0 aliphatic carbocycles. The normalized spacial score (nSPS) is 23.8. The molecule has 1 amide bonds. The molecule has 0 aromatic heterocycles. The number of aliphatic hydroxyl groups excluding tert-OH is 8. The first-order valence-electron chi connectivity index (χ1n) is 35.3. The molecule has 87 heavy (non-hydrogen) atoms. The second-order valence-corrected chi connectivity index (χ2v) is 24.6. The van der Waals surface area contributed by atoms with Gasteiger partial charge in [-0.1, -0.05) is 279 Å². The van der Waals surface area contributed by atoms with Crippen LogP contribution in [-0.2, 0) is 23.7 Å². The molecule has 0 saturated carbocycles. The Kier molecular flexibility index (Phi) is 52.7. The number of hydrogen-bond acceptors (Lipinski definition) is 13. The van der Waals surface area contributed by atoms with E-state index in [1.54, 1.807) is 6.08 Å². The molecule has 0 aromatic rings. The Bertz CT molecular complexity index is 1780. The van der Waals surface area contributed by atoms with E-state index in [1.807, 2.05) is 6.08 Å². The van der Waals surface area contributed by atoms with Gasteiger partial charge in [-0.15, -0.1) is 0 Å². The van der Waals surface area contributed by atoms with Crippen LogP contribution in [0, 0.1) is 0 Å². The highest BCUT2D eigenvalue weighted by Gasteiger charge is 2.51. The Labute approximate surface area is 529 Å². The van der Waals surface area contributed by atoms with Gasteiger partial charge in [0.1, 0.15) is 48.8 Å². The molecular formula is C73H129NO13. The van der Waals surface area contributed by atoms with Gasteiger partial charge in [0.2, 0.25) is 5.91 Å². The van der Waals surface area contributed by atoms with Crippen LogP contribution in [0.2, 0.25) is 0 Å². The molecule has 2 aliphatic rings. The van der Waals surface area contributed by atoms with Gasteiger partial charge in [0.15, 0.2) is 12.6 Å². The predicted molar refractivity (Wildman–Crippen MR) is 355 cm³/mol. The maximum Gasteiger partial charge on any atom is 0.220 e. The second kappa shape index (κ2) is 57.1. The first-order valence-corrected chi connectivity index (χ1v) is 35.3. The Balaban J connectivity index is 1.60. The summed E-state index contributed by atoms with van der Waals surface area (Å²) in [6.45, 7) is 2.68. The van der Waals surface area contributed by atoms with Crippen LogP contribution < -0.4 is 5.32 Å². The smallest absolute Gasteiger partial charge is 0.220 e. The van der Waals surface area contributed by atoms with E-state index < -0.39 is 86.8 Å². The summed E-state index contributed by atoms with van der Waals surface area (Å²) >= 11 is 0. The van der Waals surface area contributed by atoms with Crippen LogP contribution in [0.3, 0.4) is 0 Å². The number of carbonyl (C=O) groups is 1. The Morgan fingerprint density at radius 3 is 1.26 bits per heavy atom. The first-order chi connectivity index (χ1) is 42.6. The Morgan fingerprint density at radius 1 is 0.425 bits per heavy atom. The zero-order valence-electron chi connectivity index (χ0n) is 54.7. The van der Waals surface area contributed by atoms with Crippen LogP contribution in [-0.4, -0.2) is 140 Å². The number of unbranched alkanes of at least 4 members (excludes halogenated alkanes) is 32. The maximum absolute atomic E-state index is 13.3. The summed E-state index contributed by atoms with van der Waals surface area (Å²) in [5, 5.41) is 87.3. The van der Waals surface area contributed by atoms with Crippen LogP contribution in [0.15, 0.2) is 85.1 Å². The van der Waals surface area contributed by atoms with E-state index in [9.17, 15) is 45.6 Å². The van der Waals surface area contributed by atoms with E-state index in [2.05, 4.69) is 92.1 Å². The van der Waals surface area contributed by atoms with Gasteiger partial charge in [-0.2, -0.15) is 0 Å². The lowest BCUT2D eigenvalue weighted by Gasteiger charge is -2.46. The minimum absolute atomic E-state index is 0.247. The molecule has 504 valence electrons. The summed E-state index contributed by atoms with van der Waals surface area (Å²) in [6.07, 6.45) is 62.3. The topological polar surface area (TPSA) is 228 Å². The second-order valence-electron chi connectivity index (χ2n) is 24.6. The van der Waals surface area contributed by atoms with Crippen molar-refractivity contribution >= 4 is 5.91 Å². The highest BCUT2D eigenvalue weighted by molar-refractivity contribution is 5.76. The third-order valence-electron chi connectivity index (χ3n) is 16.8. The number of amides is 1. The number of aliphatic hydroxyl groups is 8. The van der Waals surface area contributed by atoms with Gasteiger partial charge in [-0.25, -0.2) is 0 Å². The van der Waals surface area contributed by atoms with E-state index in [4.69, 9.17) is 18.9 Å². The van der Waals surface area contributed by atoms with Crippen molar-refractivity contribution in [3.8, 4) is 0 Å². The van der Waals surface area contributed by atoms with Gasteiger partial charge in [-0.3, -0.25) is 4.79 Å². The minimum Gasteiger partial charge on any atom is -0.394 e. The van der Waals surface area contributed by atoms with Gasteiger partial charge in [-0.05, 0) is 77.0 Å². The summed E-state index contributed by atoms with van der Waals surface area (Å²) < 4.78 is 22.8. The largest absolute Gasteiger partial charge is 0.394 e. The summed E-state index contributed by atoms with van der Waals surface area (Å²) in [5.74, 6) is -0.247. The average molecular weight is 1230 g/mol. The van der Waals surface area contributed by atoms with Gasteiger partial charge in [0.05, 0.1) is 32.0 Å². The summed E-state index contributed by atoms with van der Waals surface area (Å²) in [6, 6.07) is -0.933. The van der Waals surface area contributed by atoms with E-state index in [0.717, 1.165) is 64.2 Å². The number of allylic oxidation sites excluding steroid dienone is 13. The molecule has 2 aliphatic heterocycles. The molecule has 0 spiro atoms. The molecular weight excluding hydrogens is 1100 g/mol. The SMILES string of the molecule is CC/C=C\C/C=C\C/C=C\C/C=C\C/C=C\CCCCCCCCCCCCCCCCCCCCCCCC(=O)NC(COC1OC(CO)C(OC2OC(CO)C(O)C(O)C2O)C(O)C1O)C(O)/C=C/CC/C=C/CCCCCCCCCCCC. The molecule has 12 atom stereocenters. The number of nitrogens with one attached hydrogen (secondary N) is 1. The molecule has 14 heteroatoms. The molecule has 0 radical (unpaired) electrons. The average Bonchev–Trinajstić information content (AvgIpc) is 2.36. The quantitative estimate of drug-likeness (QED) is 0.0204. The molecule has 2 fully saturated rings. The summed E-state index contributed by atoms with van der Waals surface area (Å²) in [5.41, 5.74) is 0.